The highest BCUT2D eigenvalue weighted by atomic mass is 16.6. The minimum Gasteiger partial charge on any atom is -0.460 e. The molecule has 0 aromatic carbocycles. The molecule has 1 aliphatic heterocycles. The van der Waals surface area contributed by atoms with Crippen LogP contribution in [-0.4, -0.2) is 35.0 Å². The molecule has 0 aromatic rings. The summed E-state index contributed by atoms with van der Waals surface area (Å²) in [4.78, 5) is 11.2. The van der Waals surface area contributed by atoms with Gasteiger partial charge in [0, 0.05) is 13.0 Å². The zero-order valence-corrected chi connectivity index (χ0v) is 10.1. The minimum absolute atomic E-state index is 0.134. The highest BCUT2D eigenvalue weighted by Gasteiger charge is 2.31. The van der Waals surface area contributed by atoms with Crippen LogP contribution in [0.3, 0.4) is 0 Å². The summed E-state index contributed by atoms with van der Waals surface area (Å²) in [5, 5.41) is 18.7. The van der Waals surface area contributed by atoms with Crippen LogP contribution in [0.2, 0.25) is 0 Å². The maximum atomic E-state index is 11.2. The molecule has 0 aromatic heterocycles. The second kappa shape index (κ2) is 6.21. The summed E-state index contributed by atoms with van der Waals surface area (Å²) in [6.45, 7) is 4.11. The van der Waals surface area contributed by atoms with Crippen LogP contribution in [0.5, 0.6) is 0 Å². The largest absolute Gasteiger partial charge is 0.460 e. The van der Waals surface area contributed by atoms with Crippen molar-refractivity contribution in [3.63, 3.8) is 0 Å². The number of esters is 1. The summed E-state index contributed by atoms with van der Waals surface area (Å²) in [7, 11) is 0. The Kier molecular flexibility index (Phi) is 5.22. The number of carbonyl (C=O) groups is 1. The molecular weight excluding hydrogens is 208 g/mol. The fraction of sp³-hybridized carbons (Fsp3) is 0.917. The third-order valence-electron chi connectivity index (χ3n) is 3.13. The Labute approximate surface area is 96.6 Å². The summed E-state index contributed by atoms with van der Waals surface area (Å²) in [6, 6.07) is 0. The van der Waals surface area contributed by atoms with E-state index < -0.39 is 6.10 Å². The lowest BCUT2D eigenvalue weighted by atomic mass is 9.90. The van der Waals surface area contributed by atoms with Crippen LogP contribution in [0, 0.1) is 11.8 Å². The first-order valence-corrected chi connectivity index (χ1v) is 6.01. The van der Waals surface area contributed by atoms with Gasteiger partial charge >= 0.3 is 5.97 Å². The predicted octanol–water partition coefficient (Wildman–Crippen LogP) is 1.10. The molecule has 1 fully saturated rings. The number of carbonyl (C=O) groups excluding carboxylic acids is 1. The van der Waals surface area contributed by atoms with Crippen LogP contribution in [0.1, 0.15) is 39.5 Å². The zero-order valence-electron chi connectivity index (χ0n) is 10.1. The molecule has 0 aliphatic carbocycles. The summed E-state index contributed by atoms with van der Waals surface area (Å²) in [5.74, 6) is 0.322. The molecule has 94 valence electrons. The van der Waals surface area contributed by atoms with Crippen molar-refractivity contribution >= 4 is 5.97 Å². The molecule has 4 atom stereocenters. The summed E-state index contributed by atoms with van der Waals surface area (Å²) >= 11 is 0. The molecule has 1 rings (SSSR count). The number of ether oxygens (including phenoxy) is 1. The lowest BCUT2D eigenvalue weighted by Crippen LogP contribution is -2.38. The van der Waals surface area contributed by atoms with Gasteiger partial charge in [0.25, 0.3) is 0 Å². The Morgan fingerprint density at radius 3 is 2.81 bits per heavy atom. The van der Waals surface area contributed by atoms with Gasteiger partial charge in [-0.05, 0) is 31.1 Å². The fourth-order valence-electron chi connectivity index (χ4n) is 2.17. The van der Waals surface area contributed by atoms with Crippen molar-refractivity contribution in [2.24, 2.45) is 11.8 Å². The quantitative estimate of drug-likeness (QED) is 0.694. The third kappa shape index (κ3) is 4.10. The van der Waals surface area contributed by atoms with Gasteiger partial charge in [0.05, 0.1) is 6.10 Å². The van der Waals surface area contributed by atoms with Gasteiger partial charge in [-0.3, -0.25) is 4.79 Å². The molecule has 0 saturated carbocycles. The van der Waals surface area contributed by atoms with Crippen molar-refractivity contribution in [2.45, 2.75) is 51.7 Å². The molecule has 0 bridgehead atoms. The van der Waals surface area contributed by atoms with E-state index in [-0.39, 0.29) is 30.5 Å². The number of hydrogen-bond acceptors (Lipinski definition) is 4. The average Bonchev–Trinajstić information content (AvgIpc) is 2.16. The standard InChI is InChI=1S/C12H22O4/c1-8(3-4-13)5-10(14)11-6-9(2)7-12(15)16-11/h8-11,13-14H,3-7H2,1-2H3. The van der Waals surface area contributed by atoms with Crippen LogP contribution in [-0.2, 0) is 9.53 Å². The van der Waals surface area contributed by atoms with Crippen LogP contribution in [0.4, 0.5) is 0 Å². The topological polar surface area (TPSA) is 66.8 Å². The molecule has 1 heterocycles. The summed E-state index contributed by atoms with van der Waals surface area (Å²) < 4.78 is 5.15. The molecule has 2 N–H and O–H groups in total. The Morgan fingerprint density at radius 2 is 2.25 bits per heavy atom. The fourth-order valence-corrected chi connectivity index (χ4v) is 2.17. The maximum absolute atomic E-state index is 11.2. The number of aliphatic hydroxyl groups is 2. The smallest absolute Gasteiger partial charge is 0.306 e. The van der Waals surface area contributed by atoms with Crippen molar-refractivity contribution in [1.82, 2.24) is 0 Å². The normalized spacial score (nSPS) is 29.6. The molecule has 4 nitrogen and oxygen atoms in total. The number of cyclic esters (lactones) is 1. The predicted molar refractivity (Wildman–Crippen MR) is 59.8 cm³/mol. The Hall–Kier alpha value is -0.610. The van der Waals surface area contributed by atoms with Crippen LogP contribution in [0.15, 0.2) is 0 Å². The number of rotatable bonds is 5. The average molecular weight is 230 g/mol. The molecule has 16 heavy (non-hydrogen) atoms. The monoisotopic (exact) mass is 230 g/mol. The van der Waals surface area contributed by atoms with Crippen LogP contribution in [0.25, 0.3) is 0 Å². The second-order valence-corrected chi connectivity index (χ2v) is 4.99. The van der Waals surface area contributed by atoms with Gasteiger partial charge < -0.3 is 14.9 Å². The van der Waals surface area contributed by atoms with E-state index in [2.05, 4.69) is 0 Å². The van der Waals surface area contributed by atoms with Crippen molar-refractivity contribution in [1.29, 1.82) is 0 Å². The van der Waals surface area contributed by atoms with E-state index in [9.17, 15) is 9.90 Å². The van der Waals surface area contributed by atoms with E-state index in [1.165, 1.54) is 0 Å². The third-order valence-corrected chi connectivity index (χ3v) is 3.13. The van der Waals surface area contributed by atoms with E-state index in [0.29, 0.717) is 19.3 Å². The first-order valence-electron chi connectivity index (χ1n) is 6.01. The van der Waals surface area contributed by atoms with Gasteiger partial charge in [-0.2, -0.15) is 0 Å². The minimum atomic E-state index is -0.603. The SMILES string of the molecule is CC(CCO)CC(O)C1CC(C)CC(=O)O1. The Bertz CT molecular complexity index is 229. The van der Waals surface area contributed by atoms with Crippen LogP contribution < -0.4 is 0 Å². The summed E-state index contributed by atoms with van der Waals surface area (Å²) in [5.41, 5.74) is 0. The van der Waals surface area contributed by atoms with Crippen molar-refractivity contribution in [3.8, 4) is 0 Å². The molecular formula is C12H22O4. The molecule has 0 spiro atoms. The number of aliphatic hydroxyl groups excluding tert-OH is 2. The van der Waals surface area contributed by atoms with Crippen LogP contribution >= 0.6 is 0 Å². The maximum Gasteiger partial charge on any atom is 0.306 e. The van der Waals surface area contributed by atoms with Gasteiger partial charge in [0.2, 0.25) is 0 Å². The molecule has 4 unspecified atom stereocenters. The molecule has 0 amide bonds. The molecule has 1 saturated heterocycles. The molecule has 4 heteroatoms. The van der Waals surface area contributed by atoms with Gasteiger partial charge in [-0.15, -0.1) is 0 Å². The Balaban J connectivity index is 2.40. The molecule has 0 radical (unpaired) electrons. The van der Waals surface area contributed by atoms with Gasteiger partial charge in [-0.1, -0.05) is 13.8 Å². The highest BCUT2D eigenvalue weighted by Crippen LogP contribution is 2.25. The van der Waals surface area contributed by atoms with Crippen molar-refractivity contribution < 1.29 is 19.7 Å². The van der Waals surface area contributed by atoms with Gasteiger partial charge in [0.1, 0.15) is 6.10 Å². The zero-order chi connectivity index (χ0) is 12.1. The van der Waals surface area contributed by atoms with Crippen molar-refractivity contribution in [3.05, 3.63) is 0 Å². The van der Waals surface area contributed by atoms with E-state index in [1.807, 2.05) is 13.8 Å². The summed E-state index contributed by atoms with van der Waals surface area (Å²) in [6.07, 6.45) is 1.47. The van der Waals surface area contributed by atoms with Gasteiger partial charge in [-0.25, -0.2) is 0 Å². The van der Waals surface area contributed by atoms with E-state index in [0.717, 1.165) is 6.42 Å². The van der Waals surface area contributed by atoms with E-state index >= 15 is 0 Å². The number of hydrogen-bond donors (Lipinski definition) is 2. The highest BCUT2D eigenvalue weighted by molar-refractivity contribution is 5.70. The van der Waals surface area contributed by atoms with E-state index in [1.54, 1.807) is 0 Å². The first kappa shape index (κ1) is 13.5. The molecule has 1 aliphatic rings. The first-order chi connectivity index (χ1) is 7.52. The second-order valence-electron chi connectivity index (χ2n) is 4.99. The van der Waals surface area contributed by atoms with E-state index in [4.69, 9.17) is 9.84 Å². The van der Waals surface area contributed by atoms with Crippen molar-refractivity contribution in [2.75, 3.05) is 6.61 Å². The lowest BCUT2D eigenvalue weighted by molar-refractivity contribution is -0.165. The Morgan fingerprint density at radius 1 is 1.56 bits per heavy atom. The van der Waals surface area contributed by atoms with Gasteiger partial charge in [0.15, 0.2) is 0 Å². The lowest BCUT2D eigenvalue weighted by Gasteiger charge is -2.31.